The number of benzene rings is 1. The topological polar surface area (TPSA) is 95.5 Å². The molecule has 1 aromatic rings. The Morgan fingerprint density at radius 2 is 1.87 bits per heavy atom. The number of hydrogen-bond donors (Lipinski definition) is 3. The largest absolute Gasteiger partial charge is 0.387 e. The molecule has 0 bridgehead atoms. The molecule has 0 aliphatic heterocycles. The first-order valence-corrected chi connectivity index (χ1v) is 5.51. The fourth-order valence-corrected chi connectivity index (χ4v) is 1.73. The smallest absolute Gasteiger partial charge is 0.323 e. The predicted molar refractivity (Wildman–Crippen MR) is 54.2 cm³/mol. The van der Waals surface area contributed by atoms with E-state index in [-0.39, 0.29) is 0 Å². The average molecular weight is 230 g/mol. The molecule has 0 aliphatic carbocycles. The molecule has 6 nitrogen and oxygen atoms in total. The molecule has 1 rings (SSSR count). The number of aliphatic hydroxyl groups excluding tert-OH is 1. The van der Waals surface area contributed by atoms with Crippen LogP contribution in [0.5, 0.6) is 0 Å². The summed E-state index contributed by atoms with van der Waals surface area (Å²) in [6.07, 6.45) is 0. The van der Waals surface area contributed by atoms with Gasteiger partial charge in [0.2, 0.25) is 0 Å². The highest BCUT2D eigenvalue weighted by atomic mass is 32.2. The third kappa shape index (κ3) is 3.96. The summed E-state index contributed by atoms with van der Waals surface area (Å²) in [5.41, 5.74) is 0.329. The second kappa shape index (κ2) is 4.76. The highest BCUT2D eigenvalue weighted by molar-refractivity contribution is 7.91. The highest BCUT2D eigenvalue weighted by Crippen LogP contribution is 2.06. The molecule has 3 N–H and O–H groups in total. The van der Waals surface area contributed by atoms with Crippen molar-refractivity contribution in [2.45, 2.75) is 0 Å². The van der Waals surface area contributed by atoms with Crippen molar-refractivity contribution in [2.24, 2.45) is 0 Å². The average Bonchev–Trinajstić information content (AvgIpc) is 2.17. The van der Waals surface area contributed by atoms with E-state index < -0.39 is 22.7 Å². The van der Waals surface area contributed by atoms with Crippen molar-refractivity contribution < 1.29 is 18.3 Å². The van der Waals surface area contributed by atoms with Crippen molar-refractivity contribution in [1.82, 2.24) is 4.72 Å². The van der Waals surface area contributed by atoms with Gasteiger partial charge in [-0.2, -0.15) is 8.42 Å². The van der Waals surface area contributed by atoms with E-state index in [9.17, 15) is 13.2 Å². The first-order chi connectivity index (χ1) is 7.03. The molecule has 0 saturated heterocycles. The molecule has 0 aliphatic rings. The van der Waals surface area contributed by atoms with Gasteiger partial charge in [-0.25, -0.2) is 4.72 Å². The molecular weight excluding hydrogens is 220 g/mol. The van der Waals surface area contributed by atoms with Gasteiger partial charge in [0.1, 0.15) is 6.61 Å². The second-order valence-electron chi connectivity index (χ2n) is 2.65. The minimum atomic E-state index is -3.96. The zero-order chi connectivity index (χ0) is 11.3. The summed E-state index contributed by atoms with van der Waals surface area (Å²) in [6.45, 7) is -0.879. The molecule has 0 unspecified atom stereocenters. The standard InChI is InChI=1S/C8H10N2O4S/c11-6-8(12)10-15(13,14)9-7-4-2-1-3-5-7/h1-5,9,11H,6H2,(H,10,12). The lowest BCUT2D eigenvalue weighted by molar-refractivity contribution is -0.122. The zero-order valence-corrected chi connectivity index (χ0v) is 8.49. The number of carbonyl (C=O) groups excluding carboxylic acids is 1. The van der Waals surface area contributed by atoms with Gasteiger partial charge in [-0.1, -0.05) is 18.2 Å². The highest BCUT2D eigenvalue weighted by Gasteiger charge is 2.12. The summed E-state index contributed by atoms with van der Waals surface area (Å²) in [5, 5.41) is 8.36. The Labute approximate surface area is 87.1 Å². The maximum Gasteiger partial charge on any atom is 0.323 e. The van der Waals surface area contributed by atoms with Crippen LogP contribution in [0.4, 0.5) is 5.69 Å². The molecular formula is C8H10N2O4S. The molecule has 1 amide bonds. The first kappa shape index (κ1) is 11.5. The third-order valence-corrected chi connectivity index (χ3v) is 2.42. The van der Waals surface area contributed by atoms with Gasteiger partial charge in [-0.15, -0.1) is 0 Å². The minimum Gasteiger partial charge on any atom is -0.387 e. The monoisotopic (exact) mass is 230 g/mol. The summed E-state index contributed by atoms with van der Waals surface area (Å²) in [4.78, 5) is 10.6. The van der Waals surface area contributed by atoms with Gasteiger partial charge in [0.15, 0.2) is 0 Å². The van der Waals surface area contributed by atoms with E-state index in [1.54, 1.807) is 22.9 Å². The van der Waals surface area contributed by atoms with Gasteiger partial charge in [-0.05, 0) is 12.1 Å². The summed E-state index contributed by atoms with van der Waals surface area (Å²) in [6, 6.07) is 8.08. The Morgan fingerprint density at radius 3 is 2.40 bits per heavy atom. The van der Waals surface area contributed by atoms with E-state index in [1.165, 1.54) is 12.1 Å². The molecule has 1 aromatic carbocycles. The fraction of sp³-hybridized carbons (Fsp3) is 0.125. The van der Waals surface area contributed by atoms with E-state index in [4.69, 9.17) is 5.11 Å². The van der Waals surface area contributed by atoms with E-state index in [2.05, 4.69) is 4.72 Å². The molecule has 0 fully saturated rings. The van der Waals surface area contributed by atoms with Crippen LogP contribution >= 0.6 is 0 Å². The van der Waals surface area contributed by atoms with Gasteiger partial charge in [-0.3, -0.25) is 9.52 Å². The predicted octanol–water partition coefficient (Wildman–Crippen LogP) is -0.548. The van der Waals surface area contributed by atoms with Crippen LogP contribution in [-0.2, 0) is 15.0 Å². The van der Waals surface area contributed by atoms with Crippen molar-refractivity contribution in [3.05, 3.63) is 30.3 Å². The van der Waals surface area contributed by atoms with E-state index in [0.717, 1.165) is 0 Å². The molecule has 15 heavy (non-hydrogen) atoms. The summed E-state index contributed by atoms with van der Waals surface area (Å²) < 4.78 is 26.2. The number of hydrogen-bond acceptors (Lipinski definition) is 4. The number of rotatable bonds is 4. The van der Waals surface area contributed by atoms with Crippen LogP contribution in [0.15, 0.2) is 30.3 Å². The van der Waals surface area contributed by atoms with Gasteiger partial charge >= 0.3 is 10.2 Å². The molecule has 82 valence electrons. The Balaban J connectivity index is 2.69. The molecule has 0 heterocycles. The SMILES string of the molecule is O=C(CO)NS(=O)(=O)Nc1ccccc1. The maximum atomic E-state index is 11.2. The Morgan fingerprint density at radius 1 is 1.27 bits per heavy atom. The van der Waals surface area contributed by atoms with Crippen LogP contribution in [0.1, 0.15) is 0 Å². The molecule has 0 saturated carbocycles. The van der Waals surface area contributed by atoms with Crippen LogP contribution in [0.3, 0.4) is 0 Å². The second-order valence-corrected chi connectivity index (χ2v) is 4.07. The summed E-state index contributed by atoms with van der Waals surface area (Å²) >= 11 is 0. The zero-order valence-electron chi connectivity index (χ0n) is 7.67. The quantitative estimate of drug-likeness (QED) is 0.646. The third-order valence-electron chi connectivity index (χ3n) is 1.42. The Kier molecular flexibility index (Phi) is 3.64. The lowest BCUT2D eigenvalue weighted by Gasteiger charge is -2.07. The van der Waals surface area contributed by atoms with Crippen molar-refractivity contribution in [1.29, 1.82) is 0 Å². The van der Waals surface area contributed by atoms with E-state index >= 15 is 0 Å². The van der Waals surface area contributed by atoms with Crippen LogP contribution in [0.2, 0.25) is 0 Å². The minimum absolute atomic E-state index is 0.329. The van der Waals surface area contributed by atoms with Gasteiger partial charge in [0.25, 0.3) is 5.91 Å². The Bertz CT molecular complexity index is 429. The van der Waals surface area contributed by atoms with E-state index in [1.807, 2.05) is 0 Å². The number of anilines is 1. The maximum absolute atomic E-state index is 11.2. The lowest BCUT2D eigenvalue weighted by Crippen LogP contribution is -2.36. The van der Waals surface area contributed by atoms with Crippen LogP contribution in [0.25, 0.3) is 0 Å². The molecule has 0 spiro atoms. The molecule has 0 radical (unpaired) electrons. The van der Waals surface area contributed by atoms with Gasteiger partial charge in [0, 0.05) is 0 Å². The van der Waals surface area contributed by atoms with Gasteiger partial charge < -0.3 is 5.11 Å². The van der Waals surface area contributed by atoms with Crippen molar-refractivity contribution in [3.63, 3.8) is 0 Å². The first-order valence-electron chi connectivity index (χ1n) is 4.03. The van der Waals surface area contributed by atoms with Crippen LogP contribution in [0, 0.1) is 0 Å². The van der Waals surface area contributed by atoms with Crippen LogP contribution in [-0.4, -0.2) is 26.0 Å². The summed E-state index contributed by atoms with van der Waals surface area (Å²) in [7, 11) is -3.96. The number of para-hydroxylation sites is 1. The lowest BCUT2D eigenvalue weighted by atomic mass is 10.3. The molecule has 7 heteroatoms. The summed E-state index contributed by atoms with van der Waals surface area (Å²) in [5.74, 6) is -0.988. The number of amides is 1. The van der Waals surface area contributed by atoms with Crippen molar-refractivity contribution in [3.8, 4) is 0 Å². The van der Waals surface area contributed by atoms with E-state index in [0.29, 0.717) is 5.69 Å². The Hall–Kier alpha value is -1.60. The fourth-order valence-electron chi connectivity index (χ4n) is 0.869. The molecule has 0 atom stereocenters. The number of aliphatic hydroxyl groups is 1. The van der Waals surface area contributed by atoms with Crippen molar-refractivity contribution in [2.75, 3.05) is 11.3 Å². The normalized spacial score (nSPS) is 10.7. The number of carbonyl (C=O) groups is 1. The van der Waals surface area contributed by atoms with Gasteiger partial charge in [0.05, 0.1) is 5.69 Å². The van der Waals surface area contributed by atoms with Crippen molar-refractivity contribution >= 4 is 21.8 Å². The van der Waals surface area contributed by atoms with Crippen LogP contribution < -0.4 is 9.44 Å². The number of nitrogens with one attached hydrogen (secondary N) is 2. The molecule has 0 aromatic heterocycles.